The molecule has 0 saturated heterocycles. The van der Waals surface area contributed by atoms with Crippen molar-refractivity contribution in [3.63, 3.8) is 0 Å². The number of ether oxygens (including phenoxy) is 1. The molecule has 1 heterocycles. The fourth-order valence-corrected chi connectivity index (χ4v) is 2.07. The minimum absolute atomic E-state index is 0.0594. The van der Waals surface area contributed by atoms with Gasteiger partial charge in [-0.1, -0.05) is 30.3 Å². The quantitative estimate of drug-likeness (QED) is 0.936. The standard InChI is InChI=1S/C16H12N4O2/c1-10(21)19-15-12(8-17)14(11-6-4-3-5-7-11)13(9-18)16(20-15)22-2/h3-7H,1-2H3,(H,19,20,21). The molecule has 0 aliphatic carbocycles. The van der Waals surface area contributed by atoms with Gasteiger partial charge in [0.25, 0.3) is 0 Å². The third-order valence-corrected chi connectivity index (χ3v) is 2.94. The summed E-state index contributed by atoms with van der Waals surface area (Å²) in [5.41, 5.74) is 1.34. The fraction of sp³-hybridized carbons (Fsp3) is 0.125. The number of carbonyl (C=O) groups is 1. The lowest BCUT2D eigenvalue weighted by Crippen LogP contribution is -2.11. The number of carbonyl (C=O) groups excluding carboxylic acids is 1. The van der Waals surface area contributed by atoms with Crippen molar-refractivity contribution >= 4 is 11.7 Å². The lowest BCUT2D eigenvalue weighted by molar-refractivity contribution is -0.114. The van der Waals surface area contributed by atoms with Crippen molar-refractivity contribution in [2.45, 2.75) is 6.92 Å². The third kappa shape index (κ3) is 2.72. The van der Waals surface area contributed by atoms with Crippen LogP contribution in [-0.2, 0) is 4.79 Å². The van der Waals surface area contributed by atoms with Gasteiger partial charge in [0.2, 0.25) is 11.8 Å². The van der Waals surface area contributed by atoms with Crippen molar-refractivity contribution < 1.29 is 9.53 Å². The van der Waals surface area contributed by atoms with E-state index in [-0.39, 0.29) is 28.7 Å². The fourth-order valence-electron chi connectivity index (χ4n) is 2.07. The van der Waals surface area contributed by atoms with Crippen molar-refractivity contribution in [2.24, 2.45) is 0 Å². The van der Waals surface area contributed by atoms with Gasteiger partial charge in [-0.05, 0) is 5.56 Å². The van der Waals surface area contributed by atoms with Gasteiger partial charge in [-0.25, -0.2) is 0 Å². The number of hydrogen-bond donors (Lipinski definition) is 1. The Balaban J connectivity index is 2.86. The highest BCUT2D eigenvalue weighted by molar-refractivity contribution is 5.92. The molecule has 0 bridgehead atoms. The number of nitrogens with one attached hydrogen (secondary N) is 1. The molecule has 0 aliphatic rings. The van der Waals surface area contributed by atoms with Crippen LogP contribution in [-0.4, -0.2) is 18.0 Å². The van der Waals surface area contributed by atoms with E-state index in [1.807, 2.05) is 18.2 Å². The first-order chi connectivity index (χ1) is 10.6. The van der Waals surface area contributed by atoms with Gasteiger partial charge in [0.1, 0.15) is 23.3 Å². The van der Waals surface area contributed by atoms with E-state index in [0.717, 1.165) is 0 Å². The molecule has 0 spiro atoms. The molecule has 1 aromatic heterocycles. The maximum Gasteiger partial charge on any atom is 0.234 e. The normalized spacial score (nSPS) is 9.45. The Morgan fingerprint density at radius 1 is 1.18 bits per heavy atom. The molecule has 6 nitrogen and oxygen atoms in total. The minimum Gasteiger partial charge on any atom is -0.480 e. The van der Waals surface area contributed by atoms with Crippen LogP contribution >= 0.6 is 0 Å². The van der Waals surface area contributed by atoms with E-state index in [2.05, 4.69) is 10.3 Å². The van der Waals surface area contributed by atoms with Crippen LogP contribution in [0.3, 0.4) is 0 Å². The highest BCUT2D eigenvalue weighted by atomic mass is 16.5. The van der Waals surface area contributed by atoms with Crippen molar-refractivity contribution in [1.82, 2.24) is 4.98 Å². The molecule has 22 heavy (non-hydrogen) atoms. The first-order valence-corrected chi connectivity index (χ1v) is 6.37. The smallest absolute Gasteiger partial charge is 0.234 e. The average molecular weight is 292 g/mol. The van der Waals surface area contributed by atoms with Crippen LogP contribution in [0.25, 0.3) is 11.1 Å². The predicted molar refractivity (Wildman–Crippen MR) is 80.0 cm³/mol. The summed E-state index contributed by atoms with van der Waals surface area (Å²) in [6, 6.07) is 13.0. The molecule has 1 N–H and O–H groups in total. The second-order valence-electron chi connectivity index (χ2n) is 4.37. The van der Waals surface area contributed by atoms with Gasteiger partial charge >= 0.3 is 0 Å². The zero-order valence-electron chi connectivity index (χ0n) is 12.0. The zero-order chi connectivity index (χ0) is 16.1. The van der Waals surface area contributed by atoms with E-state index >= 15 is 0 Å². The van der Waals surface area contributed by atoms with Crippen molar-refractivity contribution in [3.05, 3.63) is 41.5 Å². The monoisotopic (exact) mass is 292 g/mol. The third-order valence-electron chi connectivity index (χ3n) is 2.94. The van der Waals surface area contributed by atoms with Gasteiger partial charge in [-0.2, -0.15) is 15.5 Å². The Labute approximate surface area is 127 Å². The first kappa shape index (κ1) is 15.0. The van der Waals surface area contributed by atoms with E-state index in [1.165, 1.54) is 14.0 Å². The maximum atomic E-state index is 11.3. The molecule has 0 atom stereocenters. The molecule has 108 valence electrons. The minimum atomic E-state index is -0.366. The van der Waals surface area contributed by atoms with Crippen LogP contribution in [0.1, 0.15) is 18.1 Å². The highest BCUT2D eigenvalue weighted by Crippen LogP contribution is 2.35. The molecule has 0 unspecified atom stereocenters. The maximum absolute atomic E-state index is 11.3. The van der Waals surface area contributed by atoms with E-state index in [0.29, 0.717) is 11.1 Å². The van der Waals surface area contributed by atoms with Gasteiger partial charge < -0.3 is 10.1 Å². The topological polar surface area (TPSA) is 98.8 Å². The van der Waals surface area contributed by atoms with Gasteiger partial charge in [-0.3, -0.25) is 4.79 Å². The second-order valence-corrected chi connectivity index (χ2v) is 4.37. The lowest BCUT2D eigenvalue weighted by Gasteiger charge is -2.14. The van der Waals surface area contributed by atoms with Crippen LogP contribution in [0, 0.1) is 22.7 Å². The number of hydrogen-bond acceptors (Lipinski definition) is 5. The van der Waals surface area contributed by atoms with Crippen LogP contribution in [0.2, 0.25) is 0 Å². The Morgan fingerprint density at radius 2 is 1.82 bits per heavy atom. The van der Waals surface area contributed by atoms with Crippen LogP contribution < -0.4 is 10.1 Å². The number of rotatable bonds is 3. The van der Waals surface area contributed by atoms with Crippen molar-refractivity contribution in [1.29, 1.82) is 10.5 Å². The summed E-state index contributed by atoms with van der Waals surface area (Å²) in [7, 11) is 1.38. The van der Waals surface area contributed by atoms with Crippen molar-refractivity contribution in [3.8, 4) is 29.1 Å². The predicted octanol–water partition coefficient (Wildman–Crippen LogP) is 2.46. The molecule has 0 saturated carbocycles. The van der Waals surface area contributed by atoms with E-state index in [1.54, 1.807) is 24.3 Å². The first-order valence-electron chi connectivity index (χ1n) is 6.37. The summed E-state index contributed by atoms with van der Waals surface area (Å²) in [5, 5.41) is 21.4. The van der Waals surface area contributed by atoms with Gasteiger partial charge in [-0.15, -0.1) is 0 Å². The number of amides is 1. The van der Waals surface area contributed by atoms with Gasteiger partial charge in [0.05, 0.1) is 7.11 Å². The SMILES string of the molecule is COc1nc(NC(C)=O)c(C#N)c(-c2ccccc2)c1C#N. The summed E-state index contributed by atoms with van der Waals surface area (Å²) in [6.07, 6.45) is 0. The summed E-state index contributed by atoms with van der Waals surface area (Å²) in [6.45, 7) is 1.32. The van der Waals surface area contributed by atoms with E-state index < -0.39 is 0 Å². The Bertz CT molecular complexity index is 802. The lowest BCUT2D eigenvalue weighted by atomic mass is 9.96. The average Bonchev–Trinajstić information content (AvgIpc) is 2.53. The Kier molecular flexibility index (Phi) is 4.36. The number of methoxy groups -OCH3 is 1. The number of nitrogens with zero attached hydrogens (tertiary/aromatic N) is 3. The van der Waals surface area contributed by atoms with E-state index in [9.17, 15) is 15.3 Å². The number of anilines is 1. The number of benzene rings is 1. The Morgan fingerprint density at radius 3 is 2.32 bits per heavy atom. The number of nitriles is 2. The summed E-state index contributed by atoms with van der Waals surface area (Å²) < 4.78 is 5.13. The summed E-state index contributed by atoms with van der Waals surface area (Å²) in [5.74, 6) is -0.233. The molecule has 2 aromatic rings. The number of aromatic nitrogens is 1. The van der Waals surface area contributed by atoms with Crippen LogP contribution in [0.5, 0.6) is 5.88 Å². The number of pyridine rings is 1. The van der Waals surface area contributed by atoms with Crippen LogP contribution in [0.15, 0.2) is 30.3 Å². The molecular formula is C16H12N4O2. The Hall–Kier alpha value is -3.38. The molecule has 0 fully saturated rings. The van der Waals surface area contributed by atoms with Gasteiger partial charge in [0, 0.05) is 12.5 Å². The van der Waals surface area contributed by atoms with Crippen LogP contribution in [0.4, 0.5) is 5.82 Å². The van der Waals surface area contributed by atoms with Crippen molar-refractivity contribution in [2.75, 3.05) is 12.4 Å². The van der Waals surface area contributed by atoms with E-state index in [4.69, 9.17) is 4.74 Å². The molecule has 2 rings (SSSR count). The molecule has 1 amide bonds. The molecule has 0 radical (unpaired) electrons. The molecule has 0 aliphatic heterocycles. The summed E-state index contributed by atoms with van der Waals surface area (Å²) >= 11 is 0. The molecule has 6 heteroatoms. The highest BCUT2D eigenvalue weighted by Gasteiger charge is 2.22. The van der Waals surface area contributed by atoms with Gasteiger partial charge in [0.15, 0.2) is 5.82 Å². The zero-order valence-corrected chi connectivity index (χ0v) is 12.0. The second kappa shape index (κ2) is 6.38. The molecule has 1 aromatic carbocycles. The summed E-state index contributed by atoms with van der Waals surface area (Å²) in [4.78, 5) is 15.4. The molecular weight excluding hydrogens is 280 g/mol. The largest absolute Gasteiger partial charge is 0.480 e.